The maximum atomic E-state index is 11.7. The lowest BCUT2D eigenvalue weighted by molar-refractivity contribution is -0.151. The molecule has 4 nitrogen and oxygen atoms in total. The van der Waals surface area contributed by atoms with Crippen LogP contribution in [-0.4, -0.2) is 24.4 Å². The van der Waals surface area contributed by atoms with Gasteiger partial charge in [-0.15, -0.1) is 0 Å². The number of ether oxygens (including phenoxy) is 1. The number of esters is 1. The highest BCUT2D eigenvalue weighted by Gasteiger charge is 2.34. The van der Waals surface area contributed by atoms with Crippen LogP contribution in [0.25, 0.3) is 0 Å². The standard InChI is InChI=1S/C12H13NO3/c1-2-16-12(15)11(14)9-7-13-10-6-4-3-5-8(9)10/h3-8,10,13H,2H2,1H3. The van der Waals surface area contributed by atoms with Crippen LogP contribution in [0, 0.1) is 5.92 Å². The van der Waals surface area contributed by atoms with E-state index in [-0.39, 0.29) is 18.6 Å². The van der Waals surface area contributed by atoms with E-state index in [1.165, 1.54) is 0 Å². The van der Waals surface area contributed by atoms with E-state index in [9.17, 15) is 9.59 Å². The Balaban J connectivity index is 2.11. The topological polar surface area (TPSA) is 55.4 Å². The average molecular weight is 219 g/mol. The largest absolute Gasteiger partial charge is 0.460 e. The van der Waals surface area contributed by atoms with Crippen molar-refractivity contribution in [1.82, 2.24) is 5.32 Å². The first-order valence-electron chi connectivity index (χ1n) is 5.26. The van der Waals surface area contributed by atoms with Crippen LogP contribution in [0.3, 0.4) is 0 Å². The number of nitrogens with one attached hydrogen (secondary N) is 1. The maximum absolute atomic E-state index is 11.7. The molecule has 16 heavy (non-hydrogen) atoms. The van der Waals surface area contributed by atoms with Gasteiger partial charge in [0.2, 0.25) is 0 Å². The lowest BCUT2D eigenvalue weighted by atomic mass is 9.89. The number of fused-ring (bicyclic) bond motifs is 1. The Labute approximate surface area is 93.7 Å². The lowest BCUT2D eigenvalue weighted by Gasteiger charge is -2.17. The molecular weight excluding hydrogens is 206 g/mol. The number of allylic oxidation sites excluding steroid dienone is 2. The molecule has 0 bridgehead atoms. The van der Waals surface area contributed by atoms with Crippen LogP contribution < -0.4 is 5.32 Å². The molecule has 1 aliphatic heterocycles. The van der Waals surface area contributed by atoms with E-state index >= 15 is 0 Å². The van der Waals surface area contributed by atoms with Gasteiger partial charge in [-0.2, -0.15) is 0 Å². The van der Waals surface area contributed by atoms with Crippen molar-refractivity contribution in [3.63, 3.8) is 0 Å². The molecule has 0 spiro atoms. The van der Waals surface area contributed by atoms with Crippen LogP contribution in [0.1, 0.15) is 6.92 Å². The Morgan fingerprint density at radius 3 is 2.88 bits per heavy atom. The smallest absolute Gasteiger partial charge is 0.379 e. The van der Waals surface area contributed by atoms with E-state index in [4.69, 9.17) is 4.74 Å². The molecule has 0 amide bonds. The van der Waals surface area contributed by atoms with Gasteiger partial charge < -0.3 is 10.1 Å². The van der Waals surface area contributed by atoms with Gasteiger partial charge in [0.25, 0.3) is 5.78 Å². The molecule has 2 unspecified atom stereocenters. The highest BCUT2D eigenvalue weighted by Crippen LogP contribution is 2.26. The van der Waals surface area contributed by atoms with Gasteiger partial charge >= 0.3 is 5.97 Å². The van der Waals surface area contributed by atoms with Crippen molar-refractivity contribution in [2.75, 3.05) is 6.61 Å². The molecule has 0 aromatic carbocycles. The Kier molecular flexibility index (Phi) is 2.90. The SMILES string of the molecule is CCOC(=O)C(=O)C1=CNC2C=CC=CC12. The molecule has 84 valence electrons. The van der Waals surface area contributed by atoms with Gasteiger partial charge in [0.1, 0.15) is 0 Å². The van der Waals surface area contributed by atoms with Gasteiger partial charge in [-0.3, -0.25) is 4.79 Å². The quantitative estimate of drug-likeness (QED) is 0.561. The van der Waals surface area contributed by atoms with Gasteiger partial charge in [-0.1, -0.05) is 24.3 Å². The number of carbonyl (C=O) groups excluding carboxylic acids is 2. The minimum Gasteiger partial charge on any atom is -0.460 e. The molecule has 2 rings (SSSR count). The van der Waals surface area contributed by atoms with E-state index in [1.54, 1.807) is 13.1 Å². The molecular formula is C12H13NO3. The fourth-order valence-electron chi connectivity index (χ4n) is 1.88. The van der Waals surface area contributed by atoms with Crippen LogP contribution in [0.5, 0.6) is 0 Å². The molecule has 0 saturated heterocycles. The third kappa shape index (κ3) is 1.78. The Bertz CT molecular complexity index is 406. The molecule has 2 aliphatic rings. The van der Waals surface area contributed by atoms with Crippen molar-refractivity contribution < 1.29 is 14.3 Å². The molecule has 1 aliphatic carbocycles. The molecule has 1 N–H and O–H groups in total. The first kappa shape index (κ1) is 10.7. The van der Waals surface area contributed by atoms with Crippen LogP contribution in [-0.2, 0) is 14.3 Å². The Morgan fingerprint density at radius 1 is 1.38 bits per heavy atom. The lowest BCUT2D eigenvalue weighted by Crippen LogP contribution is -2.28. The maximum Gasteiger partial charge on any atom is 0.379 e. The number of rotatable bonds is 3. The van der Waals surface area contributed by atoms with Gasteiger partial charge in [0, 0.05) is 17.7 Å². The fraction of sp³-hybridized carbons (Fsp3) is 0.333. The predicted octanol–water partition coefficient (Wildman–Crippen LogP) is 0.716. The van der Waals surface area contributed by atoms with Crippen molar-refractivity contribution in [2.24, 2.45) is 5.92 Å². The summed E-state index contributed by atoms with van der Waals surface area (Å²) in [6.07, 6.45) is 9.27. The summed E-state index contributed by atoms with van der Waals surface area (Å²) < 4.78 is 4.70. The van der Waals surface area contributed by atoms with Crippen molar-refractivity contribution in [3.05, 3.63) is 36.1 Å². The van der Waals surface area contributed by atoms with Crippen molar-refractivity contribution in [3.8, 4) is 0 Å². The van der Waals surface area contributed by atoms with Crippen LogP contribution in [0.4, 0.5) is 0 Å². The van der Waals surface area contributed by atoms with E-state index in [0.29, 0.717) is 5.57 Å². The first-order chi connectivity index (χ1) is 7.74. The second-order valence-corrected chi connectivity index (χ2v) is 3.64. The third-order valence-electron chi connectivity index (χ3n) is 2.65. The van der Waals surface area contributed by atoms with Gasteiger partial charge in [-0.05, 0) is 6.92 Å². The van der Waals surface area contributed by atoms with Crippen LogP contribution >= 0.6 is 0 Å². The summed E-state index contributed by atoms with van der Waals surface area (Å²) >= 11 is 0. The number of ketones is 1. The highest BCUT2D eigenvalue weighted by atomic mass is 16.5. The monoisotopic (exact) mass is 219 g/mol. The average Bonchev–Trinajstić information content (AvgIpc) is 2.72. The summed E-state index contributed by atoms with van der Waals surface area (Å²) in [7, 11) is 0. The normalized spacial score (nSPS) is 25.7. The summed E-state index contributed by atoms with van der Waals surface area (Å²) in [5, 5.41) is 3.06. The first-order valence-corrected chi connectivity index (χ1v) is 5.26. The van der Waals surface area contributed by atoms with Crippen LogP contribution in [0.15, 0.2) is 36.1 Å². The van der Waals surface area contributed by atoms with Crippen LogP contribution in [0.2, 0.25) is 0 Å². The zero-order valence-electron chi connectivity index (χ0n) is 8.97. The minimum atomic E-state index is -0.779. The molecule has 0 aromatic heterocycles. The number of hydrogen-bond donors (Lipinski definition) is 1. The van der Waals surface area contributed by atoms with Gasteiger partial charge in [0.15, 0.2) is 0 Å². The molecule has 1 heterocycles. The van der Waals surface area contributed by atoms with Gasteiger partial charge in [-0.25, -0.2) is 4.79 Å². The zero-order valence-corrected chi connectivity index (χ0v) is 8.97. The zero-order chi connectivity index (χ0) is 11.5. The molecule has 0 fully saturated rings. The number of carbonyl (C=O) groups is 2. The number of hydrogen-bond acceptors (Lipinski definition) is 4. The van der Waals surface area contributed by atoms with Crippen molar-refractivity contribution in [2.45, 2.75) is 13.0 Å². The molecule has 0 saturated carbocycles. The Morgan fingerprint density at radius 2 is 2.12 bits per heavy atom. The van der Waals surface area contributed by atoms with E-state index < -0.39 is 11.8 Å². The van der Waals surface area contributed by atoms with E-state index in [0.717, 1.165) is 0 Å². The molecule has 2 atom stereocenters. The third-order valence-corrected chi connectivity index (χ3v) is 2.65. The summed E-state index contributed by atoms with van der Waals surface area (Å²) in [5.41, 5.74) is 0.476. The second kappa shape index (κ2) is 4.35. The fourth-order valence-corrected chi connectivity index (χ4v) is 1.88. The molecule has 4 heteroatoms. The van der Waals surface area contributed by atoms with Crippen molar-refractivity contribution in [1.29, 1.82) is 0 Å². The summed E-state index contributed by atoms with van der Waals surface area (Å²) in [6, 6.07) is 0.0818. The predicted molar refractivity (Wildman–Crippen MR) is 58.4 cm³/mol. The van der Waals surface area contributed by atoms with E-state index in [1.807, 2.05) is 24.3 Å². The molecule has 0 radical (unpaired) electrons. The second-order valence-electron chi connectivity index (χ2n) is 3.64. The summed E-state index contributed by atoms with van der Waals surface area (Å²) in [4.78, 5) is 23.1. The summed E-state index contributed by atoms with van der Waals surface area (Å²) in [5.74, 6) is -1.39. The minimum absolute atomic E-state index is 0.0538. The summed E-state index contributed by atoms with van der Waals surface area (Å²) in [6.45, 7) is 1.90. The number of Topliss-reactive ketones (excluding diaryl/α,β-unsaturated/α-hetero) is 1. The van der Waals surface area contributed by atoms with E-state index in [2.05, 4.69) is 5.32 Å². The van der Waals surface area contributed by atoms with Gasteiger partial charge in [0.05, 0.1) is 12.6 Å². The van der Waals surface area contributed by atoms with Crippen molar-refractivity contribution >= 4 is 11.8 Å². The molecule has 0 aromatic rings. The highest BCUT2D eigenvalue weighted by molar-refractivity contribution is 6.40. The Hall–Kier alpha value is -1.84.